The second kappa shape index (κ2) is 9.83. The monoisotopic (exact) mass is 447 g/mol. The van der Waals surface area contributed by atoms with Crippen molar-refractivity contribution in [1.82, 2.24) is 15.3 Å². The smallest absolute Gasteiger partial charge is 0.258 e. The Morgan fingerprint density at radius 3 is 2.39 bits per heavy atom. The fourth-order valence-corrected chi connectivity index (χ4v) is 3.86. The van der Waals surface area contributed by atoms with Crippen LogP contribution in [0, 0.1) is 5.82 Å². The van der Waals surface area contributed by atoms with Gasteiger partial charge in [0, 0.05) is 6.07 Å². The molecule has 6 nitrogen and oxygen atoms in total. The van der Waals surface area contributed by atoms with Crippen LogP contribution in [0.2, 0.25) is 0 Å². The molecule has 7 heteroatoms. The number of rotatable bonds is 8. The van der Waals surface area contributed by atoms with Gasteiger partial charge < -0.3 is 14.5 Å². The van der Waals surface area contributed by atoms with Gasteiger partial charge in [-0.2, -0.15) is 0 Å². The average molecular weight is 448 g/mol. The number of hydrogen-bond donors (Lipinski definition) is 2. The van der Waals surface area contributed by atoms with Crippen LogP contribution < -0.4 is 20.3 Å². The maximum Gasteiger partial charge on any atom is 0.258 e. The first-order valence-corrected chi connectivity index (χ1v) is 10.7. The third-order valence-electron chi connectivity index (χ3n) is 5.64. The van der Waals surface area contributed by atoms with E-state index in [0.29, 0.717) is 28.2 Å². The minimum absolute atomic E-state index is 0.271. The molecule has 0 saturated carbocycles. The zero-order valence-electron chi connectivity index (χ0n) is 18.8. The molecular weight excluding hydrogens is 421 g/mol. The van der Waals surface area contributed by atoms with Crippen LogP contribution in [0.25, 0.3) is 10.9 Å². The molecule has 0 fully saturated rings. The van der Waals surface area contributed by atoms with E-state index in [-0.39, 0.29) is 24.0 Å². The van der Waals surface area contributed by atoms with E-state index in [2.05, 4.69) is 34.3 Å². The molecule has 0 aliphatic rings. The van der Waals surface area contributed by atoms with Gasteiger partial charge in [0.15, 0.2) is 11.5 Å². The molecule has 0 amide bonds. The second-order valence-electron chi connectivity index (χ2n) is 7.70. The van der Waals surface area contributed by atoms with Crippen molar-refractivity contribution in [3.05, 3.63) is 99.3 Å². The summed E-state index contributed by atoms with van der Waals surface area (Å²) >= 11 is 0. The average Bonchev–Trinajstić information content (AvgIpc) is 2.84. The summed E-state index contributed by atoms with van der Waals surface area (Å²) in [7, 11) is 3.05. The molecule has 0 spiro atoms. The van der Waals surface area contributed by atoms with E-state index >= 15 is 0 Å². The van der Waals surface area contributed by atoms with Crippen LogP contribution in [0.5, 0.6) is 11.5 Å². The number of benzene rings is 3. The molecule has 3 aromatic carbocycles. The molecule has 2 N–H and O–H groups in total. The molecule has 1 heterocycles. The summed E-state index contributed by atoms with van der Waals surface area (Å²) in [5, 5.41) is 3.83. The molecule has 0 radical (unpaired) electrons. The van der Waals surface area contributed by atoms with Gasteiger partial charge in [0.05, 0.1) is 37.7 Å². The fourth-order valence-electron chi connectivity index (χ4n) is 3.86. The lowest BCUT2D eigenvalue weighted by Gasteiger charge is -2.20. The van der Waals surface area contributed by atoms with E-state index in [4.69, 9.17) is 9.47 Å². The van der Waals surface area contributed by atoms with Gasteiger partial charge >= 0.3 is 0 Å². The molecule has 170 valence electrons. The third-order valence-corrected chi connectivity index (χ3v) is 5.64. The molecular formula is C26H26FN3O3. The number of ether oxygens (including phenoxy) is 2. The van der Waals surface area contributed by atoms with Crippen LogP contribution in [-0.2, 0) is 13.0 Å². The molecule has 0 unspecified atom stereocenters. The standard InChI is InChI=1S/C26H26FN3O3/c1-4-16-8-10-17(11-9-16)25(18-6-5-7-19(27)12-18)28-15-24-29-21-14-23(33-3)22(32-2)13-20(21)26(31)30-24/h5-14,25,28H,4,15H2,1-3H3,(H,29,30,31)/t25-/m1/s1. The Kier molecular flexibility index (Phi) is 6.70. The Labute approximate surface area is 191 Å². The number of halogens is 1. The first-order chi connectivity index (χ1) is 16.0. The molecule has 4 rings (SSSR count). The SMILES string of the molecule is CCc1ccc([C@@H](NCc2nc3cc(OC)c(OC)cc3c(=O)[nH]2)c2cccc(F)c2)cc1. The summed E-state index contributed by atoms with van der Waals surface area (Å²) in [6, 6.07) is 17.7. The van der Waals surface area contributed by atoms with Crippen LogP contribution in [-0.4, -0.2) is 24.2 Å². The molecule has 1 aromatic heterocycles. The molecule has 0 saturated heterocycles. The van der Waals surface area contributed by atoms with Gasteiger partial charge in [-0.25, -0.2) is 9.37 Å². The molecule has 1 atom stereocenters. The summed E-state index contributed by atoms with van der Waals surface area (Å²) in [5.74, 6) is 1.12. The van der Waals surface area contributed by atoms with Crippen molar-refractivity contribution >= 4 is 10.9 Å². The maximum absolute atomic E-state index is 14.0. The van der Waals surface area contributed by atoms with Crippen molar-refractivity contribution < 1.29 is 13.9 Å². The Morgan fingerprint density at radius 1 is 1.00 bits per heavy atom. The van der Waals surface area contributed by atoms with Gasteiger partial charge in [0.2, 0.25) is 0 Å². The Morgan fingerprint density at radius 2 is 1.73 bits per heavy atom. The lowest BCUT2D eigenvalue weighted by atomic mass is 9.97. The van der Waals surface area contributed by atoms with Gasteiger partial charge in [-0.3, -0.25) is 10.1 Å². The van der Waals surface area contributed by atoms with Gasteiger partial charge in [0.1, 0.15) is 11.6 Å². The highest BCUT2D eigenvalue weighted by Gasteiger charge is 2.16. The van der Waals surface area contributed by atoms with E-state index in [9.17, 15) is 9.18 Å². The fraction of sp³-hybridized carbons (Fsp3) is 0.231. The molecule has 33 heavy (non-hydrogen) atoms. The quantitative estimate of drug-likeness (QED) is 0.415. The first kappa shape index (κ1) is 22.5. The van der Waals surface area contributed by atoms with Gasteiger partial charge in [0.25, 0.3) is 5.56 Å². The van der Waals surface area contributed by atoms with Crippen LogP contribution in [0.15, 0.2) is 65.5 Å². The number of H-pyrrole nitrogens is 1. The second-order valence-corrected chi connectivity index (χ2v) is 7.70. The van der Waals surface area contributed by atoms with Crippen LogP contribution >= 0.6 is 0 Å². The largest absolute Gasteiger partial charge is 0.493 e. The Bertz CT molecular complexity index is 1320. The molecule has 0 aliphatic heterocycles. The van der Waals surface area contributed by atoms with Gasteiger partial charge in [-0.1, -0.05) is 43.3 Å². The van der Waals surface area contributed by atoms with E-state index < -0.39 is 0 Å². The van der Waals surface area contributed by atoms with Crippen molar-refractivity contribution in [3.63, 3.8) is 0 Å². The van der Waals surface area contributed by atoms with Crippen molar-refractivity contribution in [2.45, 2.75) is 25.9 Å². The number of fused-ring (bicyclic) bond motifs is 1. The van der Waals surface area contributed by atoms with E-state index in [1.807, 2.05) is 18.2 Å². The zero-order valence-corrected chi connectivity index (χ0v) is 18.8. The molecule has 0 aliphatic carbocycles. The van der Waals surface area contributed by atoms with Gasteiger partial charge in [-0.15, -0.1) is 0 Å². The number of aromatic amines is 1. The van der Waals surface area contributed by atoms with Crippen molar-refractivity contribution in [1.29, 1.82) is 0 Å². The van der Waals surface area contributed by atoms with Crippen LogP contribution in [0.3, 0.4) is 0 Å². The predicted octanol–water partition coefficient (Wildman–Crippen LogP) is 4.52. The number of aromatic nitrogens is 2. The third kappa shape index (κ3) is 4.88. The zero-order chi connectivity index (χ0) is 23.4. The van der Waals surface area contributed by atoms with Gasteiger partial charge in [-0.05, 0) is 41.3 Å². The summed E-state index contributed by atoms with van der Waals surface area (Å²) < 4.78 is 24.6. The molecule has 4 aromatic rings. The topological polar surface area (TPSA) is 76.2 Å². The highest BCUT2D eigenvalue weighted by Crippen LogP contribution is 2.30. The highest BCUT2D eigenvalue weighted by molar-refractivity contribution is 5.81. The predicted molar refractivity (Wildman–Crippen MR) is 126 cm³/mol. The van der Waals surface area contributed by atoms with E-state index in [1.165, 1.54) is 31.9 Å². The van der Waals surface area contributed by atoms with Crippen molar-refractivity contribution in [3.8, 4) is 11.5 Å². The highest BCUT2D eigenvalue weighted by atomic mass is 19.1. The number of nitrogens with one attached hydrogen (secondary N) is 2. The number of hydrogen-bond acceptors (Lipinski definition) is 5. The van der Waals surface area contributed by atoms with E-state index in [1.54, 1.807) is 18.2 Å². The Balaban J connectivity index is 1.67. The number of methoxy groups -OCH3 is 2. The summed E-state index contributed by atoms with van der Waals surface area (Å²) in [5.41, 5.74) is 3.23. The number of nitrogens with zero attached hydrogens (tertiary/aromatic N) is 1. The lowest BCUT2D eigenvalue weighted by Crippen LogP contribution is -2.25. The summed E-state index contributed by atoms with van der Waals surface area (Å²) in [6.07, 6.45) is 0.939. The minimum Gasteiger partial charge on any atom is -0.493 e. The number of aryl methyl sites for hydroxylation is 1. The normalized spacial score (nSPS) is 12.0. The maximum atomic E-state index is 14.0. The van der Waals surface area contributed by atoms with Crippen LogP contribution in [0.1, 0.15) is 35.5 Å². The summed E-state index contributed by atoms with van der Waals surface area (Å²) in [4.78, 5) is 20.1. The lowest BCUT2D eigenvalue weighted by molar-refractivity contribution is 0.355. The van der Waals surface area contributed by atoms with Crippen LogP contribution in [0.4, 0.5) is 4.39 Å². The van der Waals surface area contributed by atoms with Crippen molar-refractivity contribution in [2.75, 3.05) is 14.2 Å². The first-order valence-electron chi connectivity index (χ1n) is 10.7. The van der Waals surface area contributed by atoms with E-state index in [0.717, 1.165) is 17.5 Å². The summed E-state index contributed by atoms with van der Waals surface area (Å²) in [6.45, 7) is 2.37. The Hall–Kier alpha value is -3.71. The van der Waals surface area contributed by atoms with Crippen molar-refractivity contribution in [2.24, 2.45) is 0 Å². The molecule has 0 bridgehead atoms. The minimum atomic E-state index is -0.303.